The smallest absolute Gasteiger partial charge is 0.269 e. The number of carbonyl (C=O) groups excluding carboxylic acids is 2. The van der Waals surface area contributed by atoms with Crippen LogP contribution in [0.3, 0.4) is 0 Å². The molecule has 27 heavy (non-hydrogen) atoms. The average Bonchev–Trinajstić information content (AvgIpc) is 3.01. The van der Waals surface area contributed by atoms with Gasteiger partial charge in [-0.15, -0.1) is 0 Å². The van der Waals surface area contributed by atoms with E-state index >= 15 is 0 Å². The standard InChI is InChI=1S/C19H16ClN3O4/c20-14-4-8-16(9-5-14)22-12-15(11-19(22)25)21-18(24)10-3-13-1-6-17(7-2-13)23(26)27/h1-10,15H,11-12H2,(H,21,24). The first-order valence-corrected chi connectivity index (χ1v) is 8.59. The normalized spacial score (nSPS) is 16.7. The van der Waals surface area contributed by atoms with Gasteiger partial charge in [0.2, 0.25) is 11.8 Å². The highest BCUT2D eigenvalue weighted by atomic mass is 35.5. The van der Waals surface area contributed by atoms with E-state index in [2.05, 4.69) is 5.32 Å². The summed E-state index contributed by atoms with van der Waals surface area (Å²) in [5, 5.41) is 14.0. The molecule has 0 aliphatic carbocycles. The predicted molar refractivity (Wildman–Crippen MR) is 102 cm³/mol. The number of amides is 2. The molecule has 0 saturated carbocycles. The Kier molecular flexibility index (Phi) is 5.52. The molecule has 2 amide bonds. The fraction of sp³-hybridized carbons (Fsp3) is 0.158. The van der Waals surface area contributed by atoms with Gasteiger partial charge in [-0.3, -0.25) is 19.7 Å². The zero-order chi connectivity index (χ0) is 19.4. The maximum atomic E-state index is 12.2. The lowest BCUT2D eigenvalue weighted by Crippen LogP contribution is -2.36. The first-order chi connectivity index (χ1) is 12.9. The Morgan fingerprint density at radius 1 is 1.19 bits per heavy atom. The van der Waals surface area contributed by atoms with Gasteiger partial charge >= 0.3 is 0 Å². The number of rotatable bonds is 5. The lowest BCUT2D eigenvalue weighted by atomic mass is 10.2. The molecule has 0 spiro atoms. The van der Waals surface area contributed by atoms with Gasteiger partial charge in [-0.2, -0.15) is 0 Å². The van der Waals surface area contributed by atoms with E-state index in [-0.39, 0.29) is 30.0 Å². The molecule has 2 aromatic rings. The highest BCUT2D eigenvalue weighted by Gasteiger charge is 2.31. The molecule has 138 valence electrons. The Hall–Kier alpha value is -3.19. The number of nitro groups is 1. The van der Waals surface area contributed by atoms with Gasteiger partial charge in [-0.05, 0) is 48.0 Å². The Morgan fingerprint density at radius 3 is 2.48 bits per heavy atom. The maximum Gasteiger partial charge on any atom is 0.269 e. The molecule has 1 aliphatic rings. The molecule has 1 atom stereocenters. The largest absolute Gasteiger partial charge is 0.347 e. The van der Waals surface area contributed by atoms with Crippen LogP contribution in [0.25, 0.3) is 6.08 Å². The SMILES string of the molecule is O=C(C=Cc1ccc([N+](=O)[O-])cc1)NC1CC(=O)N(c2ccc(Cl)cc2)C1. The zero-order valence-corrected chi connectivity index (χ0v) is 14.9. The predicted octanol–water partition coefficient (Wildman–Crippen LogP) is 3.18. The molecule has 1 fully saturated rings. The van der Waals surface area contributed by atoms with Crippen LogP contribution in [0.2, 0.25) is 5.02 Å². The quantitative estimate of drug-likeness (QED) is 0.486. The minimum Gasteiger partial charge on any atom is -0.347 e. The van der Waals surface area contributed by atoms with Gasteiger partial charge in [-0.25, -0.2) is 0 Å². The van der Waals surface area contributed by atoms with Crippen LogP contribution in [0, 0.1) is 10.1 Å². The molecule has 3 rings (SSSR count). The van der Waals surface area contributed by atoms with Crippen LogP contribution in [0.5, 0.6) is 0 Å². The van der Waals surface area contributed by atoms with Crippen molar-refractivity contribution in [1.82, 2.24) is 5.32 Å². The van der Waals surface area contributed by atoms with Gasteiger partial charge in [0.25, 0.3) is 5.69 Å². The van der Waals surface area contributed by atoms with Gasteiger partial charge in [0.1, 0.15) is 0 Å². The van der Waals surface area contributed by atoms with E-state index in [1.165, 1.54) is 18.2 Å². The Morgan fingerprint density at radius 2 is 1.85 bits per heavy atom. The summed E-state index contributed by atoms with van der Waals surface area (Å²) in [6, 6.07) is 12.5. The summed E-state index contributed by atoms with van der Waals surface area (Å²) in [6.07, 6.45) is 3.13. The number of hydrogen-bond donors (Lipinski definition) is 1. The minimum atomic E-state index is -0.482. The van der Waals surface area contributed by atoms with Crippen LogP contribution in [0.15, 0.2) is 54.6 Å². The molecule has 0 radical (unpaired) electrons. The van der Waals surface area contributed by atoms with Crippen molar-refractivity contribution in [2.24, 2.45) is 0 Å². The fourth-order valence-corrected chi connectivity index (χ4v) is 2.93. The molecule has 1 heterocycles. The van der Waals surface area contributed by atoms with Crippen LogP contribution < -0.4 is 10.2 Å². The van der Waals surface area contributed by atoms with Gasteiger partial charge in [0.15, 0.2) is 0 Å². The van der Waals surface area contributed by atoms with E-state index in [1.54, 1.807) is 47.4 Å². The molecular formula is C19H16ClN3O4. The molecule has 1 aliphatic heterocycles. The molecule has 0 bridgehead atoms. The first-order valence-electron chi connectivity index (χ1n) is 8.21. The zero-order valence-electron chi connectivity index (χ0n) is 14.2. The summed E-state index contributed by atoms with van der Waals surface area (Å²) in [7, 11) is 0. The van der Waals surface area contributed by atoms with E-state index in [0.29, 0.717) is 17.1 Å². The number of anilines is 1. The van der Waals surface area contributed by atoms with Crippen molar-refractivity contribution in [3.63, 3.8) is 0 Å². The second kappa shape index (κ2) is 8.01. The second-order valence-corrected chi connectivity index (χ2v) is 6.51. The highest BCUT2D eigenvalue weighted by Crippen LogP contribution is 2.23. The number of benzene rings is 2. The van der Waals surface area contributed by atoms with Crippen molar-refractivity contribution in [1.29, 1.82) is 0 Å². The lowest BCUT2D eigenvalue weighted by Gasteiger charge is -2.17. The molecule has 0 aromatic heterocycles. The summed E-state index contributed by atoms with van der Waals surface area (Å²) in [4.78, 5) is 36.0. The van der Waals surface area contributed by atoms with E-state index in [0.717, 1.165) is 5.69 Å². The van der Waals surface area contributed by atoms with Crippen LogP contribution in [-0.2, 0) is 9.59 Å². The number of non-ortho nitro benzene ring substituents is 1. The number of nitrogens with zero attached hydrogens (tertiary/aromatic N) is 2. The Labute approximate surface area is 160 Å². The molecule has 1 unspecified atom stereocenters. The van der Waals surface area contributed by atoms with E-state index < -0.39 is 4.92 Å². The Bertz CT molecular complexity index is 894. The third-order valence-electron chi connectivity index (χ3n) is 4.14. The van der Waals surface area contributed by atoms with Crippen LogP contribution >= 0.6 is 11.6 Å². The minimum absolute atomic E-state index is 0.0108. The van der Waals surface area contributed by atoms with E-state index in [1.807, 2.05) is 0 Å². The summed E-state index contributed by atoms with van der Waals surface area (Å²) >= 11 is 5.86. The van der Waals surface area contributed by atoms with Crippen molar-refractivity contribution >= 4 is 40.9 Å². The molecule has 2 aromatic carbocycles. The summed E-state index contributed by atoms with van der Waals surface area (Å²) < 4.78 is 0. The van der Waals surface area contributed by atoms with Gasteiger partial charge in [0, 0.05) is 41.9 Å². The summed E-state index contributed by atoms with van der Waals surface area (Å²) in [5.74, 6) is -0.397. The third kappa shape index (κ3) is 4.71. The van der Waals surface area contributed by atoms with Crippen molar-refractivity contribution in [2.75, 3.05) is 11.4 Å². The Balaban J connectivity index is 1.57. The van der Waals surface area contributed by atoms with Crippen molar-refractivity contribution in [2.45, 2.75) is 12.5 Å². The highest BCUT2D eigenvalue weighted by molar-refractivity contribution is 6.30. The maximum absolute atomic E-state index is 12.2. The molecule has 7 nitrogen and oxygen atoms in total. The summed E-state index contributed by atoms with van der Waals surface area (Å²) in [5.41, 5.74) is 1.40. The number of nitrogens with one attached hydrogen (secondary N) is 1. The average molecular weight is 386 g/mol. The topological polar surface area (TPSA) is 92.5 Å². The molecule has 1 N–H and O–H groups in total. The molecular weight excluding hydrogens is 370 g/mol. The van der Waals surface area contributed by atoms with Crippen LogP contribution in [0.1, 0.15) is 12.0 Å². The van der Waals surface area contributed by atoms with Crippen LogP contribution in [0.4, 0.5) is 11.4 Å². The fourth-order valence-electron chi connectivity index (χ4n) is 2.80. The number of carbonyl (C=O) groups is 2. The molecule has 8 heteroatoms. The lowest BCUT2D eigenvalue weighted by molar-refractivity contribution is -0.384. The van der Waals surface area contributed by atoms with Crippen molar-refractivity contribution < 1.29 is 14.5 Å². The first kappa shape index (κ1) is 18.6. The van der Waals surface area contributed by atoms with Gasteiger partial charge < -0.3 is 10.2 Å². The van der Waals surface area contributed by atoms with Crippen molar-refractivity contribution in [3.8, 4) is 0 Å². The number of nitro benzene ring substituents is 1. The monoisotopic (exact) mass is 385 g/mol. The third-order valence-corrected chi connectivity index (χ3v) is 4.39. The van der Waals surface area contributed by atoms with E-state index in [9.17, 15) is 19.7 Å². The van der Waals surface area contributed by atoms with Crippen molar-refractivity contribution in [3.05, 3.63) is 75.3 Å². The second-order valence-electron chi connectivity index (χ2n) is 6.07. The van der Waals surface area contributed by atoms with Gasteiger partial charge in [0.05, 0.1) is 11.0 Å². The van der Waals surface area contributed by atoms with Gasteiger partial charge in [-0.1, -0.05) is 11.6 Å². The number of halogens is 1. The summed E-state index contributed by atoms with van der Waals surface area (Å²) in [6.45, 7) is 0.386. The van der Waals surface area contributed by atoms with Crippen LogP contribution in [-0.4, -0.2) is 29.3 Å². The molecule has 1 saturated heterocycles. The number of hydrogen-bond acceptors (Lipinski definition) is 4. The van der Waals surface area contributed by atoms with E-state index in [4.69, 9.17) is 11.6 Å².